The topological polar surface area (TPSA) is 86.9 Å². The molecule has 7 heteroatoms. The van der Waals surface area contributed by atoms with Gasteiger partial charge in [0.25, 0.3) is 12.3 Å². The average molecular weight is 396 g/mol. The van der Waals surface area contributed by atoms with Crippen LogP contribution in [-0.2, 0) is 10.4 Å². The van der Waals surface area contributed by atoms with Crippen molar-refractivity contribution in [2.75, 3.05) is 6.54 Å². The van der Waals surface area contributed by atoms with Gasteiger partial charge in [-0.2, -0.15) is 0 Å². The summed E-state index contributed by atoms with van der Waals surface area (Å²) < 4.78 is 6.08. The minimum Gasteiger partial charge on any atom is -0.450 e. The van der Waals surface area contributed by atoms with Gasteiger partial charge in [-0.3, -0.25) is 9.69 Å². The van der Waals surface area contributed by atoms with Gasteiger partial charge in [0.15, 0.2) is 11.5 Å². The largest absolute Gasteiger partial charge is 0.450 e. The third-order valence-corrected chi connectivity index (χ3v) is 5.59. The lowest BCUT2D eigenvalue weighted by atomic mass is 9.98. The van der Waals surface area contributed by atoms with Crippen LogP contribution in [0.5, 0.6) is 5.75 Å². The highest BCUT2D eigenvalue weighted by molar-refractivity contribution is 6.70. The molecule has 0 saturated heterocycles. The first-order valence-electron chi connectivity index (χ1n) is 10.4. The van der Waals surface area contributed by atoms with E-state index in [1.807, 2.05) is 19.1 Å². The maximum Gasteiger partial charge on any atom is 0.280 e. The molecule has 1 aliphatic carbocycles. The van der Waals surface area contributed by atoms with Crippen molar-refractivity contribution in [1.82, 2.24) is 4.90 Å². The number of hydrogen-bond acceptors (Lipinski definition) is 6. The van der Waals surface area contributed by atoms with Gasteiger partial charge >= 0.3 is 0 Å². The van der Waals surface area contributed by atoms with Gasteiger partial charge < -0.3 is 9.84 Å². The highest BCUT2D eigenvalue weighted by Crippen LogP contribution is 2.30. The molecule has 4 rings (SSSR count). The molecule has 29 heavy (non-hydrogen) atoms. The van der Waals surface area contributed by atoms with Gasteiger partial charge in [-0.15, -0.1) is 0 Å². The van der Waals surface area contributed by atoms with Crippen molar-refractivity contribution in [3.05, 3.63) is 29.8 Å². The van der Waals surface area contributed by atoms with Gasteiger partial charge in [0.1, 0.15) is 11.6 Å². The van der Waals surface area contributed by atoms with E-state index >= 15 is 0 Å². The molecule has 1 atom stereocenters. The number of nitrogens with zero attached hydrogens (tertiary/aromatic N) is 4. The van der Waals surface area contributed by atoms with Gasteiger partial charge in [0.2, 0.25) is 0 Å². The van der Waals surface area contributed by atoms with E-state index in [0.717, 1.165) is 30.7 Å². The lowest BCUT2D eigenvalue weighted by Gasteiger charge is -2.32. The zero-order valence-electron chi connectivity index (χ0n) is 17.3. The summed E-state index contributed by atoms with van der Waals surface area (Å²) in [7, 11) is 0. The zero-order chi connectivity index (χ0) is 20.6. The third kappa shape index (κ3) is 3.96. The van der Waals surface area contributed by atoms with Crippen LogP contribution in [0.4, 0.5) is 0 Å². The van der Waals surface area contributed by atoms with Gasteiger partial charge in [-0.1, -0.05) is 31.9 Å². The normalized spacial score (nSPS) is 22.3. The standard InChI is InChI=1S/C22H28N4O3/c1-4-12-26-20(27)17-19(24-18(23-17)14-8-5-6-9-14)25-21(26)29-16-11-7-10-15(13-16)22(2,3)28/h7,10-11,13-14,21,28H,4-6,8-9,12H2,1-3H3. The molecule has 0 spiro atoms. The number of amides is 1. The first-order valence-corrected chi connectivity index (χ1v) is 10.4. The maximum atomic E-state index is 13.1. The lowest BCUT2D eigenvalue weighted by molar-refractivity contribution is -0.132. The Bertz CT molecular complexity index is 892. The second-order valence-electron chi connectivity index (χ2n) is 8.39. The van der Waals surface area contributed by atoms with E-state index in [0.29, 0.717) is 29.8 Å². The summed E-state index contributed by atoms with van der Waals surface area (Å²) in [6.45, 7) is 5.97. The zero-order valence-corrected chi connectivity index (χ0v) is 17.3. The smallest absolute Gasteiger partial charge is 0.280 e. The van der Waals surface area contributed by atoms with Crippen LogP contribution in [0.2, 0.25) is 0 Å². The van der Waals surface area contributed by atoms with E-state index in [-0.39, 0.29) is 5.91 Å². The quantitative estimate of drug-likeness (QED) is 0.801. The summed E-state index contributed by atoms with van der Waals surface area (Å²) >= 11 is 0. The van der Waals surface area contributed by atoms with Crippen molar-refractivity contribution in [2.45, 2.75) is 64.8 Å². The number of hydrogen-bond donors (Lipinski definition) is 1. The number of fused-ring (bicyclic) bond motifs is 1. The minimum atomic E-state index is -0.984. The molecule has 0 aromatic heterocycles. The number of amidine groups is 2. The molecule has 1 saturated carbocycles. The number of ether oxygens (including phenoxy) is 1. The van der Waals surface area contributed by atoms with E-state index in [1.165, 1.54) is 12.8 Å². The van der Waals surface area contributed by atoms with Crippen molar-refractivity contribution in [3.8, 4) is 5.75 Å². The fourth-order valence-corrected chi connectivity index (χ4v) is 3.98. The molecule has 1 N–H and O–H groups in total. The predicted octanol–water partition coefficient (Wildman–Crippen LogP) is 3.27. The molecular weight excluding hydrogens is 368 g/mol. The average Bonchev–Trinajstić information content (AvgIpc) is 3.34. The highest BCUT2D eigenvalue weighted by Gasteiger charge is 2.40. The second-order valence-corrected chi connectivity index (χ2v) is 8.39. The van der Waals surface area contributed by atoms with Crippen LogP contribution in [0.25, 0.3) is 0 Å². The summed E-state index contributed by atoms with van der Waals surface area (Å²) in [4.78, 5) is 28.5. The van der Waals surface area contributed by atoms with Crippen LogP contribution in [0.1, 0.15) is 58.4 Å². The van der Waals surface area contributed by atoms with E-state index in [9.17, 15) is 9.90 Å². The van der Waals surface area contributed by atoms with Crippen LogP contribution < -0.4 is 4.74 Å². The van der Waals surface area contributed by atoms with Crippen LogP contribution in [0.3, 0.4) is 0 Å². The Morgan fingerprint density at radius 1 is 1.24 bits per heavy atom. The third-order valence-electron chi connectivity index (χ3n) is 5.59. The molecular formula is C22H28N4O3. The van der Waals surface area contributed by atoms with E-state index in [1.54, 1.807) is 30.9 Å². The molecule has 154 valence electrons. The second kappa shape index (κ2) is 7.71. The number of benzene rings is 1. The van der Waals surface area contributed by atoms with Crippen LogP contribution >= 0.6 is 0 Å². The van der Waals surface area contributed by atoms with Gasteiger partial charge in [0.05, 0.1) is 5.60 Å². The van der Waals surface area contributed by atoms with E-state index in [2.05, 4.69) is 15.0 Å². The van der Waals surface area contributed by atoms with E-state index in [4.69, 9.17) is 4.74 Å². The summed E-state index contributed by atoms with van der Waals surface area (Å²) in [6.07, 6.45) is 4.49. The molecule has 0 bridgehead atoms. The van der Waals surface area contributed by atoms with Crippen LogP contribution in [0, 0.1) is 5.92 Å². The molecule has 1 aromatic rings. The first-order chi connectivity index (χ1) is 13.9. The molecule has 0 radical (unpaired) electrons. The number of carbonyl (C=O) groups excluding carboxylic acids is 1. The monoisotopic (exact) mass is 396 g/mol. The number of rotatable bonds is 6. The van der Waals surface area contributed by atoms with Crippen molar-refractivity contribution in [3.63, 3.8) is 0 Å². The van der Waals surface area contributed by atoms with Crippen molar-refractivity contribution in [2.24, 2.45) is 20.9 Å². The Kier molecular flexibility index (Phi) is 5.25. The van der Waals surface area contributed by atoms with Crippen molar-refractivity contribution < 1.29 is 14.6 Å². The number of aliphatic imine (C=N–C) groups is 3. The Morgan fingerprint density at radius 2 is 2.00 bits per heavy atom. The fraction of sp³-hybridized carbons (Fsp3) is 0.545. The molecule has 2 aliphatic heterocycles. The van der Waals surface area contributed by atoms with E-state index < -0.39 is 12.0 Å². The minimum absolute atomic E-state index is 0.183. The van der Waals surface area contributed by atoms with Gasteiger partial charge in [0, 0.05) is 12.5 Å². The maximum absolute atomic E-state index is 13.1. The van der Waals surface area contributed by atoms with Crippen molar-refractivity contribution >= 4 is 23.3 Å². The van der Waals surface area contributed by atoms with Gasteiger partial charge in [-0.05, 0) is 50.8 Å². The number of carbonyl (C=O) groups is 1. The Labute approximate surface area is 171 Å². The summed E-state index contributed by atoms with van der Waals surface area (Å²) in [5, 5.41) is 10.3. The molecule has 1 fully saturated rings. The molecule has 2 heterocycles. The highest BCUT2D eigenvalue weighted by atomic mass is 16.5. The first kappa shape index (κ1) is 19.8. The summed E-state index contributed by atoms with van der Waals surface area (Å²) in [5.41, 5.74) is 0.0876. The molecule has 1 unspecified atom stereocenters. The number of aliphatic hydroxyl groups is 1. The Balaban J connectivity index is 1.63. The van der Waals surface area contributed by atoms with Crippen molar-refractivity contribution in [1.29, 1.82) is 0 Å². The SMILES string of the molecule is CCCN1C(=O)C2=NC(C3CCCC3)=NC2=NC1Oc1cccc(C(C)(C)O)c1. The Hall–Kier alpha value is -2.54. The summed E-state index contributed by atoms with van der Waals surface area (Å²) in [5.74, 6) is 1.81. The molecule has 7 nitrogen and oxygen atoms in total. The van der Waals surface area contributed by atoms with Crippen LogP contribution in [0.15, 0.2) is 39.2 Å². The predicted molar refractivity (Wildman–Crippen MR) is 112 cm³/mol. The molecule has 1 amide bonds. The van der Waals surface area contributed by atoms with Crippen LogP contribution in [-0.4, -0.2) is 46.2 Å². The fourth-order valence-electron chi connectivity index (χ4n) is 3.98. The van der Waals surface area contributed by atoms with Gasteiger partial charge in [-0.25, -0.2) is 15.0 Å². The lowest BCUT2D eigenvalue weighted by Crippen LogP contribution is -2.51. The Morgan fingerprint density at radius 3 is 2.69 bits per heavy atom. The molecule has 3 aliphatic rings. The summed E-state index contributed by atoms with van der Waals surface area (Å²) in [6, 6.07) is 7.24. The molecule has 1 aromatic carbocycles.